The summed E-state index contributed by atoms with van der Waals surface area (Å²) in [5.74, 6) is 0.214. The fourth-order valence-electron chi connectivity index (χ4n) is 3.76. The van der Waals surface area contributed by atoms with E-state index in [4.69, 9.17) is 15.5 Å². The molecule has 0 radical (unpaired) electrons. The highest BCUT2D eigenvalue weighted by atomic mass is 32.2. The second kappa shape index (κ2) is 8.51. The zero-order valence-electron chi connectivity index (χ0n) is 17.3. The number of anilines is 1. The van der Waals surface area contributed by atoms with Crippen molar-refractivity contribution in [1.29, 1.82) is 0 Å². The molecule has 0 saturated carbocycles. The SMILES string of the molecule is COCC[S@@+]([O-])c1sc2nc(-c3cnc4c(c3)CNC4=O)cc(-c3ccccc3)c2c1N. The van der Waals surface area contributed by atoms with Gasteiger partial charge in [0.1, 0.15) is 22.0 Å². The summed E-state index contributed by atoms with van der Waals surface area (Å²) in [6.07, 6.45) is 1.67. The zero-order valence-corrected chi connectivity index (χ0v) is 18.9. The molecular formula is C23H20N4O3S2. The molecule has 1 aliphatic heterocycles. The average Bonchev–Trinajstić information content (AvgIpc) is 3.37. The quantitative estimate of drug-likeness (QED) is 0.422. The number of fused-ring (bicyclic) bond motifs is 2. The van der Waals surface area contributed by atoms with Crippen LogP contribution in [0.25, 0.3) is 32.6 Å². The predicted molar refractivity (Wildman–Crippen MR) is 127 cm³/mol. The first kappa shape index (κ1) is 20.9. The molecule has 0 spiro atoms. The van der Waals surface area contributed by atoms with E-state index in [-0.39, 0.29) is 5.91 Å². The van der Waals surface area contributed by atoms with Gasteiger partial charge >= 0.3 is 0 Å². The Labute approximate surface area is 191 Å². The van der Waals surface area contributed by atoms with E-state index in [0.29, 0.717) is 39.3 Å². The van der Waals surface area contributed by atoms with Gasteiger partial charge in [0, 0.05) is 47.5 Å². The fraction of sp³-hybridized carbons (Fsp3) is 0.174. The van der Waals surface area contributed by atoms with Crippen LogP contribution in [0.2, 0.25) is 0 Å². The van der Waals surface area contributed by atoms with Gasteiger partial charge in [-0.2, -0.15) is 0 Å². The molecule has 5 rings (SSSR count). The summed E-state index contributed by atoms with van der Waals surface area (Å²) in [6, 6.07) is 13.8. The minimum Gasteiger partial charge on any atom is -0.611 e. The first-order valence-electron chi connectivity index (χ1n) is 10.00. The van der Waals surface area contributed by atoms with Gasteiger partial charge in [0.2, 0.25) is 4.21 Å². The van der Waals surface area contributed by atoms with E-state index < -0.39 is 11.2 Å². The number of nitrogens with two attached hydrogens (primary N) is 1. The van der Waals surface area contributed by atoms with E-state index in [1.54, 1.807) is 13.3 Å². The average molecular weight is 465 g/mol. The Bertz CT molecular complexity index is 1320. The first-order chi connectivity index (χ1) is 15.6. The molecule has 0 fully saturated rings. The van der Waals surface area contributed by atoms with Gasteiger partial charge in [0.25, 0.3) is 5.91 Å². The summed E-state index contributed by atoms with van der Waals surface area (Å²) in [5, 5.41) is 3.59. The van der Waals surface area contributed by atoms with Crippen LogP contribution in [0.5, 0.6) is 0 Å². The number of nitrogens with one attached hydrogen (secondary N) is 1. The van der Waals surface area contributed by atoms with E-state index in [1.165, 1.54) is 11.3 Å². The van der Waals surface area contributed by atoms with Gasteiger partial charge in [-0.15, -0.1) is 0 Å². The molecule has 32 heavy (non-hydrogen) atoms. The van der Waals surface area contributed by atoms with Gasteiger partial charge < -0.3 is 20.3 Å². The van der Waals surface area contributed by atoms with Crippen molar-refractivity contribution < 1.29 is 14.1 Å². The number of hydrogen-bond acceptors (Lipinski definition) is 7. The normalized spacial score (nSPS) is 13.9. The summed E-state index contributed by atoms with van der Waals surface area (Å²) in [6.45, 7) is 0.843. The Hall–Kier alpha value is -2.98. The lowest BCUT2D eigenvalue weighted by molar-refractivity contribution is 0.0961. The number of amides is 1. The van der Waals surface area contributed by atoms with Crippen LogP contribution in [-0.4, -0.2) is 39.9 Å². The number of carbonyl (C=O) groups is 1. The number of rotatable bonds is 6. The molecule has 0 unspecified atom stereocenters. The molecule has 4 heterocycles. The molecule has 1 amide bonds. The van der Waals surface area contributed by atoms with Crippen molar-refractivity contribution in [3.8, 4) is 22.4 Å². The Morgan fingerprint density at radius 1 is 1.25 bits per heavy atom. The minimum absolute atomic E-state index is 0.158. The van der Waals surface area contributed by atoms with E-state index in [1.807, 2.05) is 42.5 Å². The lowest BCUT2D eigenvalue weighted by Gasteiger charge is -2.10. The number of nitrogen functional groups attached to an aromatic ring is 1. The lowest BCUT2D eigenvalue weighted by Crippen LogP contribution is -2.13. The van der Waals surface area contributed by atoms with E-state index >= 15 is 0 Å². The summed E-state index contributed by atoms with van der Waals surface area (Å²) in [7, 11) is 1.58. The number of aromatic nitrogens is 2. The molecule has 7 nitrogen and oxygen atoms in total. The Balaban J connectivity index is 1.70. The molecular weight excluding hydrogens is 444 g/mol. The molecule has 0 saturated heterocycles. The van der Waals surface area contributed by atoms with Crippen molar-refractivity contribution in [3.63, 3.8) is 0 Å². The smallest absolute Gasteiger partial charge is 0.270 e. The standard InChI is InChI=1S/C23H20N4O3S2/c1-30-7-8-32(29)23-19(24)18-16(13-5-3-2-4-6-13)10-17(27-22(18)31-23)14-9-15-12-26-21(28)20(15)25-11-14/h2-6,9-11H,7-8,12,24H2,1H3,(H,26,28)/t32-/m1/s1. The third-order valence-electron chi connectivity index (χ3n) is 5.35. The van der Waals surface area contributed by atoms with Crippen LogP contribution in [0.1, 0.15) is 16.1 Å². The van der Waals surface area contributed by atoms with Gasteiger partial charge in [-0.1, -0.05) is 41.7 Å². The molecule has 4 aromatic rings. The van der Waals surface area contributed by atoms with Crippen LogP contribution in [-0.2, 0) is 22.5 Å². The number of ether oxygens (including phenoxy) is 1. The van der Waals surface area contributed by atoms with E-state index in [9.17, 15) is 9.35 Å². The Morgan fingerprint density at radius 3 is 2.84 bits per heavy atom. The van der Waals surface area contributed by atoms with Crippen molar-refractivity contribution in [1.82, 2.24) is 15.3 Å². The molecule has 0 bridgehead atoms. The van der Waals surface area contributed by atoms with Crippen LogP contribution >= 0.6 is 11.3 Å². The minimum atomic E-state index is -1.28. The van der Waals surface area contributed by atoms with Crippen LogP contribution in [0.4, 0.5) is 5.69 Å². The van der Waals surface area contributed by atoms with Crippen molar-refractivity contribution in [2.24, 2.45) is 0 Å². The first-order valence-corrected chi connectivity index (χ1v) is 12.1. The van der Waals surface area contributed by atoms with Crippen LogP contribution in [0.3, 0.4) is 0 Å². The second-order valence-corrected chi connectivity index (χ2v) is 10.1. The van der Waals surface area contributed by atoms with Gasteiger partial charge in [-0.25, -0.2) is 4.98 Å². The molecule has 1 atom stereocenters. The highest BCUT2D eigenvalue weighted by Gasteiger charge is 2.26. The molecule has 1 aromatic carbocycles. The largest absolute Gasteiger partial charge is 0.611 e. The third-order valence-corrected chi connectivity index (χ3v) is 8.22. The monoisotopic (exact) mass is 464 g/mol. The molecule has 3 N–H and O–H groups in total. The highest BCUT2D eigenvalue weighted by Crippen LogP contribution is 2.43. The number of hydrogen-bond donors (Lipinski definition) is 2. The fourth-order valence-corrected chi connectivity index (χ4v) is 6.33. The number of benzene rings is 1. The maximum absolute atomic E-state index is 12.8. The lowest BCUT2D eigenvalue weighted by atomic mass is 10.00. The molecule has 0 aliphatic carbocycles. The zero-order chi connectivity index (χ0) is 22.2. The summed E-state index contributed by atoms with van der Waals surface area (Å²) < 4.78 is 18.5. The molecule has 162 valence electrons. The number of nitrogens with zero attached hydrogens (tertiary/aromatic N) is 2. The topological polar surface area (TPSA) is 113 Å². The van der Waals surface area contributed by atoms with Crippen molar-refractivity contribution in [2.45, 2.75) is 10.8 Å². The van der Waals surface area contributed by atoms with Crippen molar-refractivity contribution >= 4 is 44.3 Å². The number of thiophene rings is 1. The van der Waals surface area contributed by atoms with Gasteiger partial charge in [-0.3, -0.25) is 9.78 Å². The highest BCUT2D eigenvalue weighted by molar-refractivity contribution is 7.93. The predicted octanol–water partition coefficient (Wildman–Crippen LogP) is 3.60. The van der Waals surface area contributed by atoms with E-state index in [2.05, 4.69) is 10.3 Å². The number of pyridine rings is 2. The summed E-state index contributed by atoms with van der Waals surface area (Å²) >= 11 is 0.0705. The van der Waals surface area contributed by atoms with E-state index in [0.717, 1.165) is 33.3 Å². The van der Waals surface area contributed by atoms with Crippen LogP contribution < -0.4 is 11.1 Å². The second-order valence-electron chi connectivity index (χ2n) is 7.36. The third kappa shape index (κ3) is 3.63. The number of methoxy groups -OCH3 is 1. The summed E-state index contributed by atoms with van der Waals surface area (Å²) in [5.41, 5.74) is 11.8. The van der Waals surface area contributed by atoms with Gasteiger partial charge in [0.15, 0.2) is 0 Å². The Morgan fingerprint density at radius 2 is 2.06 bits per heavy atom. The van der Waals surface area contributed by atoms with Gasteiger partial charge in [-0.05, 0) is 23.3 Å². The Kier molecular flexibility index (Phi) is 5.56. The number of carbonyl (C=O) groups excluding carboxylic acids is 1. The van der Waals surface area contributed by atoms with Crippen LogP contribution in [0.15, 0.2) is 52.9 Å². The maximum atomic E-state index is 12.8. The molecule has 9 heteroatoms. The maximum Gasteiger partial charge on any atom is 0.270 e. The van der Waals surface area contributed by atoms with Crippen molar-refractivity contribution in [3.05, 3.63) is 59.9 Å². The van der Waals surface area contributed by atoms with Gasteiger partial charge in [0.05, 0.1) is 12.3 Å². The molecule has 3 aromatic heterocycles. The van der Waals surface area contributed by atoms with Crippen LogP contribution in [0, 0.1) is 0 Å². The molecule has 1 aliphatic rings. The summed E-state index contributed by atoms with van der Waals surface area (Å²) in [4.78, 5) is 21.8. The van der Waals surface area contributed by atoms with Crippen molar-refractivity contribution in [2.75, 3.05) is 25.2 Å².